The molecule has 0 aromatic heterocycles. The topological polar surface area (TPSA) is 63.2 Å². The third kappa shape index (κ3) is 1.57. The van der Waals surface area contributed by atoms with Gasteiger partial charge < -0.3 is 5.32 Å². The van der Waals surface area contributed by atoms with E-state index in [1.807, 2.05) is 0 Å². The van der Waals surface area contributed by atoms with Crippen molar-refractivity contribution in [3.8, 4) is 0 Å². The fraction of sp³-hybridized carbons (Fsp3) is 0.900. The maximum Gasteiger partial charge on any atom is 0.220 e. The maximum absolute atomic E-state index is 11.8. The first-order chi connectivity index (χ1) is 6.84. The Kier molecular flexibility index (Phi) is 2.33. The summed E-state index contributed by atoms with van der Waals surface area (Å²) < 4.78 is 23.0. The van der Waals surface area contributed by atoms with Crippen molar-refractivity contribution >= 4 is 15.7 Å². The summed E-state index contributed by atoms with van der Waals surface area (Å²) in [5.74, 6) is 0.654. The Labute approximate surface area is 90.3 Å². The van der Waals surface area contributed by atoms with Crippen LogP contribution in [0.1, 0.15) is 26.7 Å². The van der Waals surface area contributed by atoms with Crippen LogP contribution in [0.2, 0.25) is 0 Å². The number of carbonyl (C=O) groups excluding carboxylic acids is 1. The van der Waals surface area contributed by atoms with E-state index in [9.17, 15) is 13.2 Å². The molecule has 0 bridgehead atoms. The predicted molar refractivity (Wildman–Crippen MR) is 57.1 cm³/mol. The second-order valence-corrected chi connectivity index (χ2v) is 7.78. The second-order valence-electron chi connectivity index (χ2n) is 5.09. The smallest absolute Gasteiger partial charge is 0.220 e. The van der Waals surface area contributed by atoms with E-state index in [0.29, 0.717) is 19.4 Å². The van der Waals surface area contributed by atoms with E-state index in [-0.39, 0.29) is 23.5 Å². The molecule has 15 heavy (non-hydrogen) atoms. The largest absolute Gasteiger partial charge is 0.356 e. The lowest BCUT2D eigenvalue weighted by Crippen LogP contribution is -2.38. The van der Waals surface area contributed by atoms with Gasteiger partial charge in [-0.15, -0.1) is 0 Å². The van der Waals surface area contributed by atoms with Crippen LogP contribution in [0.3, 0.4) is 0 Å². The van der Waals surface area contributed by atoms with Crippen molar-refractivity contribution in [1.29, 1.82) is 0 Å². The van der Waals surface area contributed by atoms with Gasteiger partial charge >= 0.3 is 0 Å². The maximum atomic E-state index is 11.8. The van der Waals surface area contributed by atoms with E-state index in [1.165, 1.54) is 0 Å². The minimum atomic E-state index is -2.97. The highest BCUT2D eigenvalue weighted by molar-refractivity contribution is 7.93. The summed E-state index contributed by atoms with van der Waals surface area (Å²) in [7, 11) is -2.97. The molecule has 5 heteroatoms. The highest BCUT2D eigenvalue weighted by Gasteiger charge is 2.51. The van der Waals surface area contributed by atoms with Crippen molar-refractivity contribution < 1.29 is 13.2 Å². The fourth-order valence-electron chi connectivity index (χ4n) is 2.84. The Balaban J connectivity index is 2.22. The van der Waals surface area contributed by atoms with E-state index >= 15 is 0 Å². The number of hydrogen-bond donors (Lipinski definition) is 1. The van der Waals surface area contributed by atoms with Crippen LogP contribution in [0, 0.1) is 11.8 Å². The first-order valence-electron chi connectivity index (χ1n) is 5.33. The molecule has 0 saturated carbocycles. The van der Waals surface area contributed by atoms with Gasteiger partial charge in [-0.3, -0.25) is 4.79 Å². The Morgan fingerprint density at radius 1 is 1.40 bits per heavy atom. The average molecular weight is 231 g/mol. The average Bonchev–Trinajstić information content (AvgIpc) is 2.58. The molecule has 1 amide bonds. The molecule has 0 spiro atoms. The van der Waals surface area contributed by atoms with Crippen LogP contribution in [-0.4, -0.2) is 31.4 Å². The minimum absolute atomic E-state index is 0.0556. The van der Waals surface area contributed by atoms with Crippen molar-refractivity contribution in [3.05, 3.63) is 0 Å². The van der Waals surface area contributed by atoms with E-state index in [2.05, 4.69) is 5.32 Å². The van der Waals surface area contributed by atoms with Crippen LogP contribution in [0.25, 0.3) is 0 Å². The van der Waals surface area contributed by atoms with Gasteiger partial charge in [0.15, 0.2) is 9.84 Å². The third-order valence-corrected chi connectivity index (χ3v) is 6.65. The van der Waals surface area contributed by atoms with Crippen LogP contribution >= 0.6 is 0 Å². The number of sulfone groups is 1. The molecule has 0 radical (unpaired) electrons. The number of carbonyl (C=O) groups is 1. The Morgan fingerprint density at radius 2 is 2.07 bits per heavy atom. The van der Waals surface area contributed by atoms with E-state index in [0.717, 1.165) is 0 Å². The second kappa shape index (κ2) is 3.20. The number of hydrogen-bond acceptors (Lipinski definition) is 3. The fourth-order valence-corrected chi connectivity index (χ4v) is 4.70. The zero-order valence-electron chi connectivity index (χ0n) is 9.12. The number of nitrogens with one attached hydrogen (secondary N) is 1. The zero-order valence-corrected chi connectivity index (χ0v) is 9.93. The van der Waals surface area contributed by atoms with Gasteiger partial charge in [-0.05, 0) is 32.1 Å². The van der Waals surface area contributed by atoms with Gasteiger partial charge in [0.25, 0.3) is 0 Å². The van der Waals surface area contributed by atoms with Crippen molar-refractivity contribution in [2.45, 2.75) is 31.4 Å². The summed E-state index contributed by atoms with van der Waals surface area (Å²) in [6.07, 6.45) is 1.19. The molecule has 2 fully saturated rings. The monoisotopic (exact) mass is 231 g/mol. The Bertz CT molecular complexity index is 385. The van der Waals surface area contributed by atoms with Gasteiger partial charge in [0.2, 0.25) is 5.91 Å². The molecule has 1 N–H and O–H groups in total. The van der Waals surface area contributed by atoms with E-state index in [1.54, 1.807) is 13.8 Å². The van der Waals surface area contributed by atoms with Gasteiger partial charge in [-0.1, -0.05) is 0 Å². The normalized spacial score (nSPS) is 37.9. The molecule has 86 valence electrons. The summed E-state index contributed by atoms with van der Waals surface area (Å²) in [5, 5.41) is 2.78. The van der Waals surface area contributed by atoms with Crippen LogP contribution in [0.5, 0.6) is 0 Å². The first kappa shape index (κ1) is 10.9. The predicted octanol–water partition coefficient (Wildman–Crippen LogP) is 0.336. The molecule has 2 unspecified atom stereocenters. The summed E-state index contributed by atoms with van der Waals surface area (Å²) in [6, 6.07) is 0. The minimum Gasteiger partial charge on any atom is -0.356 e. The molecular formula is C10H17NO3S. The molecule has 4 nitrogen and oxygen atoms in total. The molecule has 2 aliphatic rings. The molecule has 0 aromatic rings. The molecular weight excluding hydrogens is 214 g/mol. The summed E-state index contributed by atoms with van der Waals surface area (Å²) in [6.45, 7) is 4.23. The van der Waals surface area contributed by atoms with Crippen molar-refractivity contribution in [3.63, 3.8) is 0 Å². The summed E-state index contributed by atoms with van der Waals surface area (Å²) >= 11 is 0. The lowest BCUT2D eigenvalue weighted by atomic mass is 9.80. The zero-order chi connectivity index (χ0) is 11.3. The molecule has 2 saturated heterocycles. The van der Waals surface area contributed by atoms with Crippen LogP contribution in [0.15, 0.2) is 0 Å². The van der Waals surface area contributed by atoms with E-state index < -0.39 is 14.6 Å². The van der Waals surface area contributed by atoms with E-state index in [4.69, 9.17) is 0 Å². The number of amides is 1. The van der Waals surface area contributed by atoms with Crippen LogP contribution in [0.4, 0.5) is 0 Å². The molecule has 2 aliphatic heterocycles. The number of rotatable bonds is 1. The summed E-state index contributed by atoms with van der Waals surface area (Å²) in [5.41, 5.74) is 0. The SMILES string of the molecule is CC1(C)C(C2CNC(=O)C2)CCS1(=O)=O. The Hall–Kier alpha value is -0.580. The lowest BCUT2D eigenvalue weighted by Gasteiger charge is -2.29. The first-order valence-corrected chi connectivity index (χ1v) is 6.99. The van der Waals surface area contributed by atoms with Crippen molar-refractivity contribution in [2.75, 3.05) is 12.3 Å². The van der Waals surface area contributed by atoms with Gasteiger partial charge in [0, 0.05) is 13.0 Å². The van der Waals surface area contributed by atoms with Gasteiger partial charge in [0.1, 0.15) is 0 Å². The molecule has 2 atom stereocenters. The highest BCUT2D eigenvalue weighted by Crippen LogP contribution is 2.43. The van der Waals surface area contributed by atoms with Crippen molar-refractivity contribution in [2.24, 2.45) is 11.8 Å². The van der Waals surface area contributed by atoms with Crippen molar-refractivity contribution in [1.82, 2.24) is 5.32 Å². The molecule has 2 rings (SSSR count). The van der Waals surface area contributed by atoms with Gasteiger partial charge in [0.05, 0.1) is 10.5 Å². The van der Waals surface area contributed by atoms with Crippen LogP contribution in [-0.2, 0) is 14.6 Å². The van der Waals surface area contributed by atoms with Gasteiger partial charge in [-0.25, -0.2) is 8.42 Å². The highest BCUT2D eigenvalue weighted by atomic mass is 32.2. The van der Waals surface area contributed by atoms with Crippen LogP contribution < -0.4 is 5.32 Å². The standard InChI is InChI=1S/C10H17NO3S/c1-10(2)8(3-4-15(10,13)14)7-5-9(12)11-6-7/h7-8H,3-6H2,1-2H3,(H,11,12). The molecule has 0 aliphatic carbocycles. The third-order valence-electron chi connectivity index (χ3n) is 3.97. The summed E-state index contributed by atoms with van der Waals surface area (Å²) in [4.78, 5) is 11.1. The van der Waals surface area contributed by atoms with Gasteiger partial charge in [-0.2, -0.15) is 0 Å². The Morgan fingerprint density at radius 3 is 2.47 bits per heavy atom. The quantitative estimate of drug-likeness (QED) is 0.707. The molecule has 0 aromatic carbocycles. The lowest BCUT2D eigenvalue weighted by molar-refractivity contribution is -0.119. The molecule has 2 heterocycles.